The fraction of sp³-hybridized carbons (Fsp3) is 0.833. The van der Waals surface area contributed by atoms with E-state index in [1.807, 2.05) is 0 Å². The number of carboxylic acid groups (broad SMARTS) is 1. The topological polar surface area (TPSA) is 171 Å². The molecule has 0 radical (unpaired) electrons. The van der Waals surface area contributed by atoms with Gasteiger partial charge in [0.25, 0.3) is 0 Å². The predicted octanol–water partition coefficient (Wildman–Crippen LogP) is -8.83. The van der Waals surface area contributed by atoms with Gasteiger partial charge in [-0.3, -0.25) is 0 Å². The number of hydrogen-bond donors (Lipinski definition) is 6. The third kappa shape index (κ3) is 6.67. The van der Waals surface area contributed by atoms with Gasteiger partial charge in [0, 0.05) is 0 Å². The largest absolute Gasteiger partial charge is 1.00 e. The number of aliphatic carboxylic acids is 1. The van der Waals surface area contributed by atoms with Crippen molar-refractivity contribution in [3.05, 3.63) is 0 Å². The van der Waals surface area contributed by atoms with E-state index in [0.717, 1.165) is 0 Å². The van der Waals surface area contributed by atoms with E-state index in [0.29, 0.717) is 0 Å². The zero-order valence-corrected chi connectivity index (χ0v) is 11.0. The number of rotatable bonds is 7. The minimum atomic E-state index is -2.50. The Morgan fingerprint density at radius 1 is 1.24 bits per heavy atom. The van der Waals surface area contributed by atoms with Gasteiger partial charge in [-0.2, -0.15) is 0 Å². The predicted molar refractivity (Wildman–Crippen MR) is 45.2 cm³/mol. The van der Waals surface area contributed by atoms with Crippen molar-refractivity contribution in [1.82, 2.24) is 0 Å². The van der Waals surface area contributed by atoms with Crippen LogP contribution in [0.15, 0.2) is 0 Å². The molecule has 4 atom stereocenters. The summed E-state index contributed by atoms with van der Waals surface area (Å²) in [4.78, 5) is 10.4. The molecule has 0 aliphatic carbocycles. The molecule has 9 nitrogen and oxygen atoms in total. The van der Waals surface area contributed by atoms with Crippen LogP contribution in [-0.4, -0.2) is 74.8 Å². The minimum Gasteiger partial charge on any atom is -0.547 e. The molecule has 0 unspecified atom stereocenters. The van der Waals surface area contributed by atoms with Crippen LogP contribution in [0.3, 0.4) is 0 Å². The van der Waals surface area contributed by atoms with Crippen molar-refractivity contribution in [2.24, 2.45) is 0 Å². The van der Waals surface area contributed by atoms with Crippen molar-refractivity contribution in [2.45, 2.75) is 24.4 Å². The zero-order chi connectivity index (χ0) is 12.9. The molecule has 11 heteroatoms. The Bertz CT molecular complexity index is 228. The van der Waals surface area contributed by atoms with E-state index in [1.54, 1.807) is 0 Å². The molecule has 0 amide bonds. The molecule has 0 rings (SSSR count). The maximum atomic E-state index is 10.4. The smallest absolute Gasteiger partial charge is 0.547 e. The first kappa shape index (κ1) is 19.6. The molecular formula is C6H12BNaO9. The van der Waals surface area contributed by atoms with Gasteiger partial charge in [0.05, 0.1) is 12.6 Å². The Labute approximate surface area is 119 Å². The number of carbonyl (C=O) groups excluding carboxylic acids is 1. The quantitative estimate of drug-likeness (QED) is 0.244. The summed E-state index contributed by atoms with van der Waals surface area (Å²) in [7, 11) is -2.50. The molecule has 0 spiro atoms. The molecule has 0 fully saturated rings. The Morgan fingerprint density at radius 2 is 1.71 bits per heavy atom. The summed E-state index contributed by atoms with van der Waals surface area (Å²) in [6.45, 7) is -0.931. The van der Waals surface area contributed by atoms with E-state index in [4.69, 9.17) is 25.4 Å². The van der Waals surface area contributed by atoms with Crippen LogP contribution in [0.4, 0.5) is 0 Å². The van der Waals surface area contributed by atoms with Gasteiger partial charge < -0.3 is 45.0 Å². The van der Waals surface area contributed by atoms with Gasteiger partial charge in [-0.1, -0.05) is 0 Å². The molecule has 17 heavy (non-hydrogen) atoms. The van der Waals surface area contributed by atoms with E-state index in [1.165, 1.54) is 0 Å². The standard InChI is InChI=1S/C6H13BO9.Na/c8-1-2(9)3(10)4(11)5(6(12)13)16-7(14)15;/h2-5,8-11,14-15H,1H2,(H,12,13);/q;+1/p-1/t2-,3-,4+,5-;/m1./s1. The molecule has 0 aliphatic heterocycles. The zero-order valence-electron chi connectivity index (χ0n) is 9.00. The van der Waals surface area contributed by atoms with E-state index < -0.39 is 44.3 Å². The van der Waals surface area contributed by atoms with Crippen LogP contribution in [0.25, 0.3) is 0 Å². The van der Waals surface area contributed by atoms with Gasteiger partial charge in [0.15, 0.2) is 0 Å². The molecule has 0 saturated heterocycles. The fourth-order valence-electron chi connectivity index (χ4n) is 0.921. The second-order valence-corrected chi connectivity index (χ2v) is 2.93. The molecule has 94 valence electrons. The number of aliphatic hydroxyl groups is 4. The molecule has 0 bridgehead atoms. The van der Waals surface area contributed by atoms with Gasteiger partial charge >= 0.3 is 36.9 Å². The summed E-state index contributed by atoms with van der Waals surface area (Å²) < 4.78 is 3.94. The first-order chi connectivity index (χ1) is 7.31. The third-order valence-electron chi connectivity index (χ3n) is 1.74. The Kier molecular flexibility index (Phi) is 10.6. The number of hydrogen-bond acceptors (Lipinski definition) is 9. The molecule has 0 heterocycles. The first-order valence-electron chi connectivity index (χ1n) is 4.18. The van der Waals surface area contributed by atoms with E-state index in [9.17, 15) is 15.0 Å². The summed E-state index contributed by atoms with van der Waals surface area (Å²) in [5.41, 5.74) is 0. The van der Waals surface area contributed by atoms with Gasteiger partial charge in [0.2, 0.25) is 0 Å². The van der Waals surface area contributed by atoms with Crippen molar-refractivity contribution in [3.8, 4) is 0 Å². The van der Waals surface area contributed by atoms with Crippen molar-refractivity contribution >= 4 is 13.3 Å². The average molecular weight is 262 g/mol. The monoisotopic (exact) mass is 262 g/mol. The minimum absolute atomic E-state index is 0. The number of carboxylic acids is 1. The van der Waals surface area contributed by atoms with Crippen LogP contribution < -0.4 is 34.7 Å². The maximum absolute atomic E-state index is 10.4. The van der Waals surface area contributed by atoms with Crippen LogP contribution in [0.1, 0.15) is 0 Å². The summed E-state index contributed by atoms with van der Waals surface area (Å²) in [6.07, 6.45) is -8.33. The molecular weight excluding hydrogens is 250 g/mol. The summed E-state index contributed by atoms with van der Waals surface area (Å²) in [5.74, 6) is -2.02. The van der Waals surface area contributed by atoms with Crippen LogP contribution in [0, 0.1) is 0 Å². The van der Waals surface area contributed by atoms with Crippen molar-refractivity contribution in [1.29, 1.82) is 0 Å². The first-order valence-corrected chi connectivity index (χ1v) is 4.18. The second kappa shape index (κ2) is 9.22. The van der Waals surface area contributed by atoms with Gasteiger partial charge in [-0.15, -0.1) is 0 Å². The van der Waals surface area contributed by atoms with Gasteiger partial charge in [-0.25, -0.2) is 0 Å². The van der Waals surface area contributed by atoms with E-state index >= 15 is 0 Å². The van der Waals surface area contributed by atoms with Crippen LogP contribution in [0.2, 0.25) is 0 Å². The molecule has 0 saturated carbocycles. The Morgan fingerprint density at radius 3 is 2.00 bits per heavy atom. The second-order valence-electron chi connectivity index (χ2n) is 2.93. The SMILES string of the molecule is O=C([O-])[C@H](OB(O)O)[C@@H](O)[C@H](O)[C@H](O)CO.[Na+]. The normalized spacial score (nSPS) is 17.5. The maximum Gasteiger partial charge on any atom is 1.00 e. The van der Waals surface area contributed by atoms with Crippen LogP contribution >= 0.6 is 0 Å². The average Bonchev–Trinajstić information content (AvgIpc) is 2.22. The van der Waals surface area contributed by atoms with Crippen LogP contribution in [-0.2, 0) is 9.45 Å². The summed E-state index contributed by atoms with van der Waals surface area (Å²) in [6, 6.07) is 0. The van der Waals surface area contributed by atoms with Crippen molar-refractivity contribution < 1.29 is 74.6 Å². The van der Waals surface area contributed by atoms with E-state index in [-0.39, 0.29) is 29.6 Å². The molecule has 0 aliphatic rings. The molecule has 0 aromatic heterocycles. The number of carbonyl (C=O) groups is 1. The van der Waals surface area contributed by atoms with Crippen molar-refractivity contribution in [3.63, 3.8) is 0 Å². The Hall–Kier alpha value is 0.255. The van der Waals surface area contributed by atoms with E-state index in [2.05, 4.69) is 4.65 Å². The Balaban J connectivity index is 0. The summed E-state index contributed by atoms with van der Waals surface area (Å²) in [5, 5.41) is 62.8. The molecule has 0 aromatic rings. The third-order valence-corrected chi connectivity index (χ3v) is 1.74. The van der Waals surface area contributed by atoms with Crippen LogP contribution in [0.5, 0.6) is 0 Å². The number of aliphatic hydroxyl groups excluding tert-OH is 4. The van der Waals surface area contributed by atoms with Gasteiger partial charge in [-0.05, 0) is 0 Å². The van der Waals surface area contributed by atoms with Gasteiger partial charge in [0.1, 0.15) is 24.4 Å². The molecule has 6 N–H and O–H groups in total. The van der Waals surface area contributed by atoms with Crippen molar-refractivity contribution in [2.75, 3.05) is 6.61 Å². The fourth-order valence-corrected chi connectivity index (χ4v) is 0.921. The summed E-state index contributed by atoms with van der Waals surface area (Å²) >= 11 is 0. The molecule has 0 aromatic carbocycles.